The van der Waals surface area contributed by atoms with Crippen molar-refractivity contribution in [3.63, 3.8) is 0 Å². The quantitative estimate of drug-likeness (QED) is 0.346. The van der Waals surface area contributed by atoms with Crippen LogP contribution in [0.4, 0.5) is 11.4 Å². The molecule has 2 N–H and O–H groups in total. The Labute approximate surface area is 211 Å². The van der Waals surface area contributed by atoms with Crippen LogP contribution in [0.25, 0.3) is 6.08 Å². The number of amides is 2. The van der Waals surface area contributed by atoms with Crippen LogP contribution in [-0.4, -0.2) is 25.4 Å². The fraction of sp³-hybridized carbons (Fsp3) is 0.0417. The molecule has 1 aliphatic rings. The number of hydrogen-bond acceptors (Lipinski definition) is 7. The molecule has 0 bridgehead atoms. The number of aliphatic imine (C=N–C) groups is 1. The highest BCUT2D eigenvalue weighted by molar-refractivity contribution is 8.18. The largest absolute Gasteiger partial charge is 0.379 e. The van der Waals surface area contributed by atoms with E-state index in [1.165, 1.54) is 55.1 Å². The van der Waals surface area contributed by atoms with Crippen LogP contribution in [0.2, 0.25) is 5.02 Å². The van der Waals surface area contributed by atoms with E-state index in [1.54, 1.807) is 42.5 Å². The summed E-state index contributed by atoms with van der Waals surface area (Å²) >= 11 is 7.07. The number of anilines is 1. The Morgan fingerprint density at radius 1 is 1.03 bits per heavy atom. The van der Waals surface area contributed by atoms with Gasteiger partial charge in [-0.05, 0) is 84.1 Å². The molecule has 1 fully saturated rings. The molecule has 0 aromatic heterocycles. The van der Waals surface area contributed by atoms with Crippen molar-refractivity contribution in [1.82, 2.24) is 5.32 Å². The lowest BCUT2D eigenvalue weighted by Crippen LogP contribution is -2.19. The van der Waals surface area contributed by atoms with Gasteiger partial charge in [-0.3, -0.25) is 9.59 Å². The summed E-state index contributed by atoms with van der Waals surface area (Å²) < 4.78 is 30.3. The Morgan fingerprint density at radius 2 is 1.69 bits per heavy atom. The van der Waals surface area contributed by atoms with E-state index < -0.39 is 10.1 Å². The normalized spacial score (nSPS) is 15.8. The van der Waals surface area contributed by atoms with Crippen LogP contribution in [0.1, 0.15) is 12.5 Å². The van der Waals surface area contributed by atoms with Gasteiger partial charge >= 0.3 is 10.1 Å². The molecule has 11 heteroatoms. The third-order valence-corrected chi connectivity index (χ3v) is 6.98. The molecule has 3 aromatic rings. The Hall–Kier alpha value is -3.60. The van der Waals surface area contributed by atoms with Gasteiger partial charge in [0.25, 0.3) is 5.91 Å². The molecule has 1 aliphatic heterocycles. The Kier molecular flexibility index (Phi) is 7.25. The van der Waals surface area contributed by atoms with Crippen molar-refractivity contribution in [3.8, 4) is 5.75 Å². The molecule has 0 unspecified atom stereocenters. The number of thioether (sulfide) groups is 1. The Morgan fingerprint density at radius 3 is 2.31 bits per heavy atom. The van der Waals surface area contributed by atoms with Crippen molar-refractivity contribution in [2.75, 3.05) is 5.32 Å². The van der Waals surface area contributed by atoms with Gasteiger partial charge in [0.2, 0.25) is 5.91 Å². The van der Waals surface area contributed by atoms with Crippen LogP contribution >= 0.6 is 23.4 Å². The second kappa shape index (κ2) is 10.3. The highest BCUT2D eigenvalue weighted by Crippen LogP contribution is 2.29. The van der Waals surface area contributed by atoms with Gasteiger partial charge in [0.05, 0.1) is 10.6 Å². The number of halogens is 1. The molecular weight excluding hydrogens is 510 g/mol. The molecule has 1 saturated heterocycles. The number of hydrogen-bond donors (Lipinski definition) is 2. The van der Waals surface area contributed by atoms with Gasteiger partial charge in [-0.25, -0.2) is 4.99 Å². The second-order valence-electron chi connectivity index (χ2n) is 7.27. The van der Waals surface area contributed by atoms with Crippen LogP contribution in [-0.2, 0) is 19.7 Å². The maximum atomic E-state index is 12.5. The van der Waals surface area contributed by atoms with Crippen LogP contribution in [0.5, 0.6) is 5.75 Å². The summed E-state index contributed by atoms with van der Waals surface area (Å²) in [5, 5.41) is 6.31. The molecule has 0 atom stereocenters. The van der Waals surface area contributed by atoms with E-state index in [4.69, 9.17) is 15.8 Å². The number of carbonyl (C=O) groups excluding carboxylic acids is 2. The van der Waals surface area contributed by atoms with Gasteiger partial charge in [-0.15, -0.1) is 0 Å². The summed E-state index contributed by atoms with van der Waals surface area (Å²) in [5.74, 6) is -0.426. The Bertz CT molecular complexity index is 1430. The van der Waals surface area contributed by atoms with Gasteiger partial charge in [0.15, 0.2) is 5.17 Å². The summed E-state index contributed by atoms with van der Waals surface area (Å²) in [5.41, 5.74) is 1.81. The van der Waals surface area contributed by atoms with Gasteiger partial charge in [-0.1, -0.05) is 23.7 Å². The third-order valence-electron chi connectivity index (χ3n) is 4.56. The standard InChI is InChI=1S/C24H18ClN3O5S2/c1-15(29)26-18-8-12-21(13-9-18)35(31,32)33-20-10-2-16(3-11-20)14-22-23(30)28-24(34-22)27-19-6-4-17(25)5-7-19/h2-14H,1H3,(H,26,29)(H,27,28,30)/b22-14-. The Balaban J connectivity index is 1.43. The van der Waals surface area contributed by atoms with Crippen molar-refractivity contribution in [2.24, 2.45) is 4.99 Å². The molecule has 3 aromatic carbocycles. The minimum Gasteiger partial charge on any atom is -0.379 e. The van der Waals surface area contributed by atoms with E-state index in [0.717, 1.165) is 0 Å². The van der Waals surface area contributed by atoms with E-state index >= 15 is 0 Å². The highest BCUT2D eigenvalue weighted by Gasteiger charge is 2.24. The van der Waals surface area contributed by atoms with E-state index in [-0.39, 0.29) is 22.5 Å². The fourth-order valence-corrected chi connectivity index (χ4v) is 4.87. The second-order valence-corrected chi connectivity index (χ2v) is 10.3. The summed E-state index contributed by atoms with van der Waals surface area (Å²) in [6.07, 6.45) is 1.67. The zero-order chi connectivity index (χ0) is 25.0. The molecule has 0 aliphatic carbocycles. The molecule has 8 nitrogen and oxygen atoms in total. The SMILES string of the molecule is CC(=O)Nc1ccc(S(=O)(=O)Oc2ccc(/C=C3\SC(=Nc4ccc(Cl)cc4)NC3=O)cc2)cc1. The lowest BCUT2D eigenvalue weighted by molar-refractivity contribution is -0.115. The minimum absolute atomic E-state index is 0.0515. The highest BCUT2D eigenvalue weighted by atomic mass is 35.5. The monoisotopic (exact) mass is 527 g/mol. The molecule has 2 amide bonds. The molecule has 178 valence electrons. The van der Waals surface area contributed by atoms with Crippen molar-refractivity contribution in [1.29, 1.82) is 0 Å². The smallest absolute Gasteiger partial charge is 0.339 e. The van der Waals surface area contributed by atoms with Crippen molar-refractivity contribution in [2.45, 2.75) is 11.8 Å². The number of nitrogens with zero attached hydrogens (tertiary/aromatic N) is 1. The molecule has 0 radical (unpaired) electrons. The zero-order valence-corrected chi connectivity index (χ0v) is 20.6. The number of rotatable bonds is 6. The summed E-state index contributed by atoms with van der Waals surface area (Å²) in [7, 11) is -4.06. The van der Waals surface area contributed by atoms with Crippen molar-refractivity contribution < 1.29 is 22.2 Å². The van der Waals surface area contributed by atoms with E-state index in [0.29, 0.717) is 32.0 Å². The predicted molar refractivity (Wildman–Crippen MR) is 137 cm³/mol. The average Bonchev–Trinajstić information content (AvgIpc) is 3.15. The van der Waals surface area contributed by atoms with Crippen molar-refractivity contribution >= 4 is 67.9 Å². The van der Waals surface area contributed by atoms with Gasteiger partial charge in [-0.2, -0.15) is 8.42 Å². The van der Waals surface area contributed by atoms with Crippen LogP contribution in [0, 0.1) is 0 Å². The molecule has 4 rings (SSSR count). The van der Waals surface area contributed by atoms with E-state index in [9.17, 15) is 18.0 Å². The average molecular weight is 528 g/mol. The van der Waals surface area contributed by atoms with Gasteiger partial charge in [0.1, 0.15) is 10.6 Å². The lowest BCUT2D eigenvalue weighted by Gasteiger charge is -2.08. The first-order valence-electron chi connectivity index (χ1n) is 10.2. The minimum atomic E-state index is -4.06. The van der Waals surface area contributed by atoms with Crippen molar-refractivity contribution in [3.05, 3.63) is 88.3 Å². The third kappa shape index (κ3) is 6.50. The number of nitrogens with one attached hydrogen (secondary N) is 2. The molecular formula is C24H18ClN3O5S2. The fourth-order valence-electron chi connectivity index (χ4n) is 2.97. The van der Waals surface area contributed by atoms with Crippen LogP contribution in [0.15, 0.2) is 87.6 Å². The van der Waals surface area contributed by atoms with E-state index in [1.807, 2.05) is 0 Å². The first-order valence-corrected chi connectivity index (χ1v) is 12.8. The van der Waals surface area contributed by atoms with Gasteiger partial charge in [0, 0.05) is 17.6 Å². The van der Waals surface area contributed by atoms with Gasteiger partial charge < -0.3 is 14.8 Å². The number of carbonyl (C=O) groups is 2. The zero-order valence-electron chi connectivity index (χ0n) is 18.2. The lowest BCUT2D eigenvalue weighted by atomic mass is 10.2. The maximum absolute atomic E-state index is 12.5. The van der Waals surface area contributed by atoms with Crippen LogP contribution in [0.3, 0.4) is 0 Å². The summed E-state index contributed by atoms with van der Waals surface area (Å²) in [6.45, 7) is 1.36. The first kappa shape index (κ1) is 24.5. The predicted octanol–water partition coefficient (Wildman–Crippen LogP) is 4.96. The maximum Gasteiger partial charge on any atom is 0.339 e. The summed E-state index contributed by atoms with van der Waals surface area (Å²) in [4.78, 5) is 28.2. The number of amidine groups is 1. The van der Waals surface area contributed by atoms with Crippen LogP contribution < -0.4 is 14.8 Å². The molecule has 0 spiro atoms. The number of benzene rings is 3. The first-order chi connectivity index (χ1) is 16.7. The van der Waals surface area contributed by atoms with E-state index in [2.05, 4.69) is 15.6 Å². The molecule has 0 saturated carbocycles. The topological polar surface area (TPSA) is 114 Å². The molecule has 1 heterocycles. The molecule has 35 heavy (non-hydrogen) atoms. The summed E-state index contributed by atoms with van der Waals surface area (Å²) in [6, 6.07) is 18.8.